The molecule has 2 heterocycles. The second-order valence-electron chi connectivity index (χ2n) is 8.83. The fraction of sp³-hybridized carbons (Fsp3) is 0.478. The summed E-state index contributed by atoms with van der Waals surface area (Å²) in [6, 6.07) is 7.30. The van der Waals surface area contributed by atoms with E-state index in [0.29, 0.717) is 22.4 Å². The van der Waals surface area contributed by atoms with Crippen molar-refractivity contribution in [2.45, 2.75) is 44.2 Å². The number of carbonyl (C=O) groups excluding carboxylic acids is 2. The number of benzene rings is 1. The van der Waals surface area contributed by atoms with E-state index in [-0.39, 0.29) is 29.8 Å². The molecular formula is C23H30ClN7O2. The third-order valence-electron chi connectivity index (χ3n) is 6.40. The summed E-state index contributed by atoms with van der Waals surface area (Å²) in [7, 11) is 2.10. The summed E-state index contributed by atoms with van der Waals surface area (Å²) in [5.74, 6) is 0.209. The molecule has 0 bridgehead atoms. The van der Waals surface area contributed by atoms with E-state index >= 15 is 0 Å². The smallest absolute Gasteiger partial charge is 0.251 e. The number of amides is 2. The Morgan fingerprint density at radius 2 is 1.85 bits per heavy atom. The third-order valence-corrected chi connectivity index (χ3v) is 6.68. The summed E-state index contributed by atoms with van der Waals surface area (Å²) in [5, 5.41) is 9.88. The number of nitrogens with zero attached hydrogens (tertiary/aromatic N) is 3. The molecule has 0 unspecified atom stereocenters. The predicted molar refractivity (Wildman–Crippen MR) is 129 cm³/mol. The van der Waals surface area contributed by atoms with Crippen molar-refractivity contribution >= 4 is 40.9 Å². The Morgan fingerprint density at radius 1 is 1.12 bits per heavy atom. The van der Waals surface area contributed by atoms with Gasteiger partial charge in [0.15, 0.2) is 5.82 Å². The molecule has 0 spiro atoms. The Kier molecular flexibility index (Phi) is 7.29. The van der Waals surface area contributed by atoms with Gasteiger partial charge in [-0.05, 0) is 70.1 Å². The lowest BCUT2D eigenvalue weighted by molar-refractivity contribution is -0.121. The van der Waals surface area contributed by atoms with Crippen LogP contribution in [0.15, 0.2) is 30.5 Å². The maximum absolute atomic E-state index is 12.6. The number of hydrogen-bond donors (Lipinski definition) is 4. The molecule has 4 rings (SSSR count). The van der Waals surface area contributed by atoms with Gasteiger partial charge in [-0.1, -0.05) is 18.0 Å². The zero-order chi connectivity index (χ0) is 23.4. The Hall–Kier alpha value is -2.91. The minimum atomic E-state index is -0.312. The van der Waals surface area contributed by atoms with Crippen LogP contribution in [-0.4, -0.2) is 58.9 Å². The molecule has 2 aliphatic rings. The number of anilines is 3. The minimum Gasteiger partial charge on any atom is -0.369 e. The minimum absolute atomic E-state index is 0.0640. The zero-order valence-electron chi connectivity index (χ0n) is 18.7. The molecule has 1 saturated carbocycles. The van der Waals surface area contributed by atoms with E-state index in [2.05, 4.69) is 37.9 Å². The normalized spacial score (nSPS) is 21.5. The summed E-state index contributed by atoms with van der Waals surface area (Å²) in [5.41, 5.74) is 6.87. The van der Waals surface area contributed by atoms with E-state index in [4.69, 9.17) is 17.3 Å². The average Bonchev–Trinajstić information content (AvgIpc) is 3.27. The molecule has 1 aliphatic carbocycles. The molecule has 2 atom stereocenters. The van der Waals surface area contributed by atoms with Crippen LogP contribution >= 0.6 is 11.6 Å². The van der Waals surface area contributed by atoms with Crippen LogP contribution in [0.1, 0.15) is 42.5 Å². The van der Waals surface area contributed by atoms with Crippen LogP contribution in [0.2, 0.25) is 5.02 Å². The number of likely N-dealkylation sites (tertiary alicyclic amines) is 1. The number of nitrogens with one attached hydrogen (secondary N) is 3. The van der Waals surface area contributed by atoms with E-state index in [1.165, 1.54) is 6.20 Å². The number of halogens is 1. The van der Waals surface area contributed by atoms with Gasteiger partial charge in [0, 0.05) is 23.3 Å². The van der Waals surface area contributed by atoms with Crippen molar-refractivity contribution in [3.63, 3.8) is 0 Å². The van der Waals surface area contributed by atoms with E-state index in [0.717, 1.165) is 50.9 Å². The molecule has 1 aromatic heterocycles. The molecule has 2 fully saturated rings. The standard InChI is InChI=1S/C23H30ClN7O2/c1-31-11-9-16(10-12-31)27-22(33)14-5-7-15(8-6-14)28-23-26-13-18(24)21(30-23)29-19-4-2-3-17(19)20(25)32/h5-8,13,16-17,19H,2-4,9-12H2,1H3,(H2,25,32)(H,27,33)(H2,26,28,29,30)/t17-,19+/m0/s1. The fourth-order valence-electron chi connectivity index (χ4n) is 4.43. The number of piperidine rings is 1. The summed E-state index contributed by atoms with van der Waals surface area (Å²) in [6.07, 6.45) is 5.96. The Balaban J connectivity index is 1.37. The van der Waals surface area contributed by atoms with Crippen LogP contribution in [0.25, 0.3) is 0 Å². The molecule has 1 aromatic carbocycles. The van der Waals surface area contributed by atoms with Crippen molar-refractivity contribution in [2.24, 2.45) is 11.7 Å². The predicted octanol–water partition coefficient (Wildman–Crippen LogP) is 2.76. The maximum Gasteiger partial charge on any atom is 0.251 e. The maximum atomic E-state index is 12.6. The molecule has 10 heteroatoms. The lowest BCUT2D eigenvalue weighted by atomic mass is 10.0. The monoisotopic (exact) mass is 471 g/mol. The van der Waals surface area contributed by atoms with Crippen LogP contribution in [-0.2, 0) is 4.79 Å². The molecule has 2 amide bonds. The van der Waals surface area contributed by atoms with Gasteiger partial charge in [0.05, 0.1) is 12.1 Å². The highest BCUT2D eigenvalue weighted by Crippen LogP contribution is 2.30. The first-order valence-electron chi connectivity index (χ1n) is 11.3. The van der Waals surface area contributed by atoms with E-state index < -0.39 is 0 Å². The summed E-state index contributed by atoms with van der Waals surface area (Å²) < 4.78 is 0. The second-order valence-corrected chi connectivity index (χ2v) is 9.24. The molecule has 33 heavy (non-hydrogen) atoms. The van der Waals surface area contributed by atoms with Gasteiger partial charge in [-0.2, -0.15) is 4.98 Å². The molecule has 2 aromatic rings. The van der Waals surface area contributed by atoms with Gasteiger partial charge in [-0.15, -0.1) is 0 Å². The van der Waals surface area contributed by atoms with Gasteiger partial charge in [0.1, 0.15) is 5.02 Å². The highest BCUT2D eigenvalue weighted by molar-refractivity contribution is 6.32. The van der Waals surface area contributed by atoms with Crippen molar-refractivity contribution < 1.29 is 9.59 Å². The molecule has 0 radical (unpaired) electrons. The number of nitrogens with two attached hydrogens (primary N) is 1. The molecule has 1 aliphatic heterocycles. The average molecular weight is 472 g/mol. The number of aromatic nitrogens is 2. The summed E-state index contributed by atoms with van der Waals surface area (Å²) in [6.45, 7) is 1.99. The Labute approximate surface area is 198 Å². The number of carbonyl (C=O) groups is 2. The van der Waals surface area contributed by atoms with Gasteiger partial charge in [-0.25, -0.2) is 4.98 Å². The van der Waals surface area contributed by atoms with E-state index in [9.17, 15) is 9.59 Å². The van der Waals surface area contributed by atoms with Crippen molar-refractivity contribution in [3.05, 3.63) is 41.0 Å². The largest absolute Gasteiger partial charge is 0.369 e. The van der Waals surface area contributed by atoms with Gasteiger partial charge in [0.2, 0.25) is 11.9 Å². The van der Waals surface area contributed by atoms with Crippen molar-refractivity contribution in [1.29, 1.82) is 0 Å². The molecule has 176 valence electrons. The van der Waals surface area contributed by atoms with E-state index in [1.54, 1.807) is 12.1 Å². The van der Waals surface area contributed by atoms with Crippen molar-refractivity contribution in [3.8, 4) is 0 Å². The topological polar surface area (TPSA) is 125 Å². The first-order chi connectivity index (χ1) is 15.9. The van der Waals surface area contributed by atoms with Crippen LogP contribution in [0.3, 0.4) is 0 Å². The Morgan fingerprint density at radius 3 is 2.55 bits per heavy atom. The molecule has 9 nitrogen and oxygen atoms in total. The van der Waals surface area contributed by atoms with Crippen LogP contribution < -0.4 is 21.7 Å². The van der Waals surface area contributed by atoms with Crippen LogP contribution in [0, 0.1) is 5.92 Å². The van der Waals surface area contributed by atoms with Gasteiger partial charge in [-0.3, -0.25) is 9.59 Å². The quantitative estimate of drug-likeness (QED) is 0.489. The van der Waals surface area contributed by atoms with Crippen molar-refractivity contribution in [1.82, 2.24) is 20.2 Å². The SMILES string of the molecule is CN1CCC(NC(=O)c2ccc(Nc3ncc(Cl)c(N[C@@H]4CCC[C@@H]4C(N)=O)n3)cc2)CC1. The van der Waals surface area contributed by atoms with Crippen molar-refractivity contribution in [2.75, 3.05) is 30.8 Å². The molecular weight excluding hydrogens is 442 g/mol. The highest BCUT2D eigenvalue weighted by Gasteiger charge is 2.32. The number of rotatable bonds is 7. The molecule has 5 N–H and O–H groups in total. The van der Waals surface area contributed by atoms with Crippen LogP contribution in [0.5, 0.6) is 0 Å². The third kappa shape index (κ3) is 5.91. The highest BCUT2D eigenvalue weighted by atomic mass is 35.5. The van der Waals surface area contributed by atoms with Gasteiger partial charge >= 0.3 is 0 Å². The summed E-state index contributed by atoms with van der Waals surface area (Å²) in [4.78, 5) is 35.2. The zero-order valence-corrected chi connectivity index (χ0v) is 19.4. The van der Waals surface area contributed by atoms with E-state index in [1.807, 2.05) is 12.1 Å². The second kappa shape index (κ2) is 10.4. The lowest BCUT2D eigenvalue weighted by Gasteiger charge is -2.29. The lowest BCUT2D eigenvalue weighted by Crippen LogP contribution is -2.43. The van der Waals surface area contributed by atoms with Gasteiger partial charge < -0.3 is 26.6 Å². The first kappa shape index (κ1) is 23.3. The van der Waals surface area contributed by atoms with Gasteiger partial charge in [0.25, 0.3) is 5.91 Å². The Bertz CT molecular complexity index is 993. The first-order valence-corrected chi connectivity index (χ1v) is 11.7. The number of primary amides is 1. The summed E-state index contributed by atoms with van der Waals surface area (Å²) >= 11 is 6.27. The number of hydrogen-bond acceptors (Lipinski definition) is 7. The molecule has 1 saturated heterocycles. The fourth-order valence-corrected chi connectivity index (χ4v) is 4.58. The van der Waals surface area contributed by atoms with Crippen LogP contribution in [0.4, 0.5) is 17.5 Å².